The molecule has 1 N–H and O–H groups in total. The molecular weight excluding hydrogens is 276 g/mol. The predicted molar refractivity (Wildman–Crippen MR) is 79.3 cm³/mol. The van der Waals surface area contributed by atoms with Crippen LogP contribution in [0.5, 0.6) is 5.75 Å². The van der Waals surface area contributed by atoms with E-state index in [0.717, 1.165) is 11.3 Å². The van der Waals surface area contributed by atoms with Gasteiger partial charge >= 0.3 is 0 Å². The first-order valence-electron chi connectivity index (χ1n) is 6.17. The lowest BCUT2D eigenvalue weighted by atomic mass is 10.2. The van der Waals surface area contributed by atoms with Crippen LogP contribution in [0, 0.1) is 13.8 Å². The Morgan fingerprint density at radius 2 is 2.10 bits per heavy atom. The Labute approximate surface area is 122 Å². The Bertz CT molecular complexity index is 629. The molecule has 2 rings (SSSR count). The van der Waals surface area contributed by atoms with Crippen LogP contribution in [0.4, 0.5) is 5.82 Å². The third-order valence-electron chi connectivity index (χ3n) is 2.66. The van der Waals surface area contributed by atoms with Gasteiger partial charge in [0.25, 0.3) is 5.91 Å². The van der Waals surface area contributed by atoms with Crippen molar-refractivity contribution in [3.63, 3.8) is 0 Å². The fraction of sp³-hybridized carbons (Fsp3) is 0.200. The fourth-order valence-corrected chi connectivity index (χ4v) is 1.76. The number of aryl methyl sites for hydroxylation is 2. The maximum absolute atomic E-state index is 11.7. The van der Waals surface area contributed by atoms with Crippen molar-refractivity contribution in [3.8, 4) is 5.75 Å². The highest BCUT2D eigenvalue weighted by atomic mass is 35.5. The van der Waals surface area contributed by atoms with E-state index in [1.807, 2.05) is 26.0 Å². The third kappa shape index (κ3) is 3.96. The number of carbonyl (C=O) groups is 1. The van der Waals surface area contributed by atoms with E-state index in [9.17, 15) is 4.79 Å². The highest BCUT2D eigenvalue weighted by molar-refractivity contribution is 6.31. The predicted octanol–water partition coefficient (Wildman–Crippen LogP) is 3.37. The Hall–Kier alpha value is -2.07. The van der Waals surface area contributed by atoms with Crippen LogP contribution in [-0.4, -0.2) is 17.5 Å². The molecule has 0 atom stereocenters. The number of benzene rings is 1. The number of halogens is 1. The van der Waals surface area contributed by atoms with Crippen molar-refractivity contribution in [3.05, 3.63) is 52.7 Å². The van der Waals surface area contributed by atoms with Crippen molar-refractivity contribution >= 4 is 23.3 Å². The number of aromatic nitrogens is 1. The molecule has 0 saturated heterocycles. The number of pyridine rings is 1. The van der Waals surface area contributed by atoms with Crippen LogP contribution in [0.1, 0.15) is 11.3 Å². The second-order valence-electron chi connectivity index (χ2n) is 4.41. The minimum Gasteiger partial charge on any atom is -0.484 e. The number of anilines is 1. The van der Waals surface area contributed by atoms with Gasteiger partial charge in [-0.15, -0.1) is 0 Å². The number of ether oxygens (including phenoxy) is 1. The lowest BCUT2D eigenvalue weighted by Gasteiger charge is -2.08. The molecule has 104 valence electrons. The van der Waals surface area contributed by atoms with Crippen LogP contribution in [0.3, 0.4) is 0 Å². The molecule has 5 heteroatoms. The van der Waals surface area contributed by atoms with Crippen molar-refractivity contribution in [1.29, 1.82) is 0 Å². The van der Waals surface area contributed by atoms with Crippen molar-refractivity contribution in [1.82, 2.24) is 4.98 Å². The van der Waals surface area contributed by atoms with Crippen molar-refractivity contribution in [2.45, 2.75) is 13.8 Å². The summed E-state index contributed by atoms with van der Waals surface area (Å²) >= 11 is 5.92. The van der Waals surface area contributed by atoms with Crippen LogP contribution >= 0.6 is 11.6 Å². The number of nitrogens with zero attached hydrogens (tertiary/aromatic N) is 1. The number of amides is 1. The van der Waals surface area contributed by atoms with Crippen LogP contribution in [0.15, 0.2) is 36.4 Å². The number of carbonyl (C=O) groups excluding carboxylic acids is 1. The van der Waals surface area contributed by atoms with Gasteiger partial charge in [0.05, 0.1) is 0 Å². The van der Waals surface area contributed by atoms with E-state index in [-0.39, 0.29) is 12.5 Å². The summed E-state index contributed by atoms with van der Waals surface area (Å²) in [6, 6.07) is 10.7. The Kier molecular flexibility index (Phi) is 4.58. The molecule has 0 aliphatic heterocycles. The number of hydrogen-bond donors (Lipinski definition) is 1. The molecule has 4 nitrogen and oxygen atoms in total. The zero-order chi connectivity index (χ0) is 14.5. The zero-order valence-electron chi connectivity index (χ0n) is 11.3. The molecular formula is C15H15ClN2O2. The van der Waals surface area contributed by atoms with E-state index in [1.165, 1.54) is 0 Å². The SMILES string of the molecule is Cc1cccc(NC(=O)COc2ccc(Cl)c(C)c2)n1. The lowest BCUT2D eigenvalue weighted by Crippen LogP contribution is -2.20. The van der Waals surface area contributed by atoms with E-state index in [4.69, 9.17) is 16.3 Å². The number of nitrogens with one attached hydrogen (secondary N) is 1. The molecule has 1 heterocycles. The summed E-state index contributed by atoms with van der Waals surface area (Å²) in [5.41, 5.74) is 1.75. The highest BCUT2D eigenvalue weighted by Crippen LogP contribution is 2.20. The zero-order valence-corrected chi connectivity index (χ0v) is 12.1. The van der Waals surface area contributed by atoms with Gasteiger partial charge < -0.3 is 10.1 Å². The largest absolute Gasteiger partial charge is 0.484 e. The van der Waals surface area contributed by atoms with Gasteiger partial charge in [-0.25, -0.2) is 4.98 Å². The average Bonchev–Trinajstić information content (AvgIpc) is 2.40. The van der Waals surface area contributed by atoms with Gasteiger partial charge in [-0.2, -0.15) is 0 Å². The highest BCUT2D eigenvalue weighted by Gasteiger charge is 2.05. The first kappa shape index (κ1) is 14.3. The van der Waals surface area contributed by atoms with Gasteiger partial charge in [0, 0.05) is 10.7 Å². The second-order valence-corrected chi connectivity index (χ2v) is 4.82. The van der Waals surface area contributed by atoms with Gasteiger partial charge in [-0.05, 0) is 49.7 Å². The van der Waals surface area contributed by atoms with Gasteiger partial charge in [0.15, 0.2) is 6.61 Å². The molecule has 0 radical (unpaired) electrons. The van der Waals surface area contributed by atoms with Gasteiger partial charge in [0.1, 0.15) is 11.6 Å². The molecule has 1 aromatic heterocycles. The van der Waals surface area contributed by atoms with Gasteiger partial charge in [-0.3, -0.25) is 4.79 Å². The standard InChI is InChI=1S/C15H15ClN2O2/c1-10-8-12(6-7-13(10)16)20-9-15(19)18-14-5-3-4-11(2)17-14/h3-8H,9H2,1-2H3,(H,17,18,19). The second kappa shape index (κ2) is 6.39. The van der Waals surface area contributed by atoms with E-state index in [2.05, 4.69) is 10.3 Å². The lowest BCUT2D eigenvalue weighted by molar-refractivity contribution is -0.118. The van der Waals surface area contributed by atoms with E-state index >= 15 is 0 Å². The Morgan fingerprint density at radius 3 is 2.80 bits per heavy atom. The minimum atomic E-state index is -0.254. The molecule has 0 saturated carbocycles. The van der Waals surface area contributed by atoms with Crippen LogP contribution < -0.4 is 10.1 Å². The van der Waals surface area contributed by atoms with Crippen molar-refractivity contribution < 1.29 is 9.53 Å². The molecule has 1 aromatic carbocycles. The summed E-state index contributed by atoms with van der Waals surface area (Å²) in [7, 11) is 0. The Morgan fingerprint density at radius 1 is 1.30 bits per heavy atom. The van der Waals surface area contributed by atoms with Gasteiger partial charge in [-0.1, -0.05) is 17.7 Å². The molecule has 1 amide bonds. The van der Waals surface area contributed by atoms with E-state index in [1.54, 1.807) is 24.3 Å². The molecule has 0 aliphatic carbocycles. The van der Waals surface area contributed by atoms with Crippen LogP contribution in [0.2, 0.25) is 5.02 Å². The first-order chi connectivity index (χ1) is 9.54. The summed E-state index contributed by atoms with van der Waals surface area (Å²) in [6.07, 6.45) is 0. The molecule has 20 heavy (non-hydrogen) atoms. The maximum atomic E-state index is 11.7. The fourth-order valence-electron chi connectivity index (χ4n) is 1.65. The van der Waals surface area contributed by atoms with Crippen molar-refractivity contribution in [2.24, 2.45) is 0 Å². The normalized spacial score (nSPS) is 10.2. The van der Waals surface area contributed by atoms with Crippen molar-refractivity contribution in [2.75, 3.05) is 11.9 Å². The number of rotatable bonds is 4. The number of hydrogen-bond acceptors (Lipinski definition) is 3. The van der Waals surface area contributed by atoms with Crippen LogP contribution in [-0.2, 0) is 4.79 Å². The summed E-state index contributed by atoms with van der Waals surface area (Å²) < 4.78 is 5.41. The molecule has 0 unspecified atom stereocenters. The summed E-state index contributed by atoms with van der Waals surface area (Å²) in [6.45, 7) is 3.67. The molecule has 0 fully saturated rings. The Balaban J connectivity index is 1.90. The molecule has 0 aliphatic rings. The molecule has 0 bridgehead atoms. The van der Waals surface area contributed by atoms with E-state index < -0.39 is 0 Å². The summed E-state index contributed by atoms with van der Waals surface area (Å²) in [5, 5.41) is 3.35. The average molecular weight is 291 g/mol. The minimum absolute atomic E-state index is 0.0727. The van der Waals surface area contributed by atoms with Crippen LogP contribution in [0.25, 0.3) is 0 Å². The molecule has 2 aromatic rings. The third-order valence-corrected chi connectivity index (χ3v) is 3.08. The first-order valence-corrected chi connectivity index (χ1v) is 6.55. The summed E-state index contributed by atoms with van der Waals surface area (Å²) in [5.74, 6) is 0.876. The molecule has 0 spiro atoms. The maximum Gasteiger partial charge on any atom is 0.263 e. The summed E-state index contributed by atoms with van der Waals surface area (Å²) in [4.78, 5) is 15.9. The van der Waals surface area contributed by atoms with Gasteiger partial charge in [0.2, 0.25) is 0 Å². The smallest absolute Gasteiger partial charge is 0.263 e. The monoisotopic (exact) mass is 290 g/mol. The van der Waals surface area contributed by atoms with E-state index in [0.29, 0.717) is 16.6 Å². The quantitative estimate of drug-likeness (QED) is 0.939. The topological polar surface area (TPSA) is 51.2 Å².